The number of nitro benzene ring substituents is 1. The Morgan fingerprint density at radius 2 is 2.00 bits per heavy atom. The van der Waals surface area contributed by atoms with Crippen molar-refractivity contribution in [2.45, 2.75) is 0 Å². The van der Waals surface area contributed by atoms with Crippen molar-refractivity contribution in [2.75, 3.05) is 11.9 Å². The van der Waals surface area contributed by atoms with Gasteiger partial charge in [0.05, 0.1) is 16.6 Å². The summed E-state index contributed by atoms with van der Waals surface area (Å²) in [7, 11) is 1.43. The van der Waals surface area contributed by atoms with Crippen LogP contribution in [0.4, 0.5) is 25.8 Å². The largest absolute Gasteiger partial charge is 0.339 e. The van der Waals surface area contributed by atoms with Gasteiger partial charge in [-0.15, -0.1) is 0 Å². The van der Waals surface area contributed by atoms with Crippen LogP contribution in [0.3, 0.4) is 0 Å². The lowest BCUT2D eigenvalue weighted by atomic mass is 10.1. The molecule has 2 aromatic carbocycles. The molecule has 0 fully saturated rings. The Morgan fingerprint density at radius 3 is 2.62 bits per heavy atom. The Morgan fingerprint density at radius 1 is 1.29 bits per heavy atom. The first-order valence-electron chi connectivity index (χ1n) is 5.81. The van der Waals surface area contributed by atoms with Crippen molar-refractivity contribution >= 4 is 17.1 Å². The lowest BCUT2D eigenvalue weighted by molar-refractivity contribution is -0.386. The fourth-order valence-electron chi connectivity index (χ4n) is 1.91. The van der Waals surface area contributed by atoms with Crippen LogP contribution in [0.15, 0.2) is 36.4 Å². The van der Waals surface area contributed by atoms with Crippen LogP contribution < -0.4 is 4.90 Å². The highest BCUT2D eigenvalue weighted by atomic mass is 19.1. The van der Waals surface area contributed by atoms with Gasteiger partial charge >= 0.3 is 5.69 Å². The van der Waals surface area contributed by atoms with Gasteiger partial charge in [-0.05, 0) is 18.2 Å². The minimum absolute atomic E-state index is 0.229. The van der Waals surface area contributed by atoms with E-state index in [4.69, 9.17) is 5.26 Å². The number of hydrogen-bond acceptors (Lipinski definition) is 4. The third-order valence-corrected chi connectivity index (χ3v) is 2.91. The van der Waals surface area contributed by atoms with E-state index in [1.807, 2.05) is 6.07 Å². The third-order valence-electron chi connectivity index (χ3n) is 2.91. The van der Waals surface area contributed by atoms with E-state index in [0.717, 1.165) is 6.07 Å². The molecule has 0 radical (unpaired) electrons. The van der Waals surface area contributed by atoms with E-state index in [1.54, 1.807) is 18.2 Å². The summed E-state index contributed by atoms with van der Waals surface area (Å²) in [6, 6.07) is 9.43. The molecule has 106 valence electrons. The van der Waals surface area contributed by atoms with Crippen molar-refractivity contribution in [2.24, 2.45) is 0 Å². The Bertz CT molecular complexity index is 756. The van der Waals surface area contributed by atoms with E-state index in [0.29, 0.717) is 17.3 Å². The van der Waals surface area contributed by atoms with E-state index < -0.39 is 22.2 Å². The van der Waals surface area contributed by atoms with Gasteiger partial charge in [0.2, 0.25) is 5.82 Å². The van der Waals surface area contributed by atoms with E-state index in [-0.39, 0.29) is 5.69 Å². The molecule has 0 atom stereocenters. The van der Waals surface area contributed by atoms with Crippen LogP contribution in [0.5, 0.6) is 0 Å². The van der Waals surface area contributed by atoms with Gasteiger partial charge in [-0.2, -0.15) is 9.65 Å². The molecular weight excluding hydrogens is 280 g/mol. The number of nitriles is 1. The van der Waals surface area contributed by atoms with Crippen LogP contribution in [0.2, 0.25) is 0 Å². The maximum absolute atomic E-state index is 13.6. The van der Waals surface area contributed by atoms with Crippen molar-refractivity contribution in [3.8, 4) is 6.07 Å². The predicted octanol–water partition coefficient (Wildman–Crippen LogP) is 3.51. The minimum Gasteiger partial charge on any atom is -0.339 e. The van der Waals surface area contributed by atoms with Crippen molar-refractivity contribution < 1.29 is 13.7 Å². The zero-order valence-corrected chi connectivity index (χ0v) is 10.9. The normalized spacial score (nSPS) is 10.0. The number of nitrogens with zero attached hydrogens (tertiary/aromatic N) is 3. The molecule has 0 spiro atoms. The average Bonchev–Trinajstić information content (AvgIpc) is 2.45. The summed E-state index contributed by atoms with van der Waals surface area (Å²) in [6.45, 7) is 0. The topological polar surface area (TPSA) is 70.2 Å². The highest BCUT2D eigenvalue weighted by Gasteiger charge is 2.25. The lowest BCUT2D eigenvalue weighted by Crippen LogP contribution is -2.13. The maximum atomic E-state index is 13.6. The molecule has 0 heterocycles. The van der Waals surface area contributed by atoms with Gasteiger partial charge in [-0.25, -0.2) is 4.39 Å². The van der Waals surface area contributed by atoms with Crippen molar-refractivity contribution in [1.82, 2.24) is 0 Å². The van der Waals surface area contributed by atoms with Crippen LogP contribution >= 0.6 is 0 Å². The summed E-state index contributed by atoms with van der Waals surface area (Å²) < 4.78 is 27.0. The van der Waals surface area contributed by atoms with Crippen LogP contribution in [0.1, 0.15) is 5.56 Å². The molecule has 7 heteroatoms. The van der Waals surface area contributed by atoms with Gasteiger partial charge in [-0.3, -0.25) is 10.1 Å². The summed E-state index contributed by atoms with van der Waals surface area (Å²) >= 11 is 0. The fraction of sp³-hybridized carbons (Fsp3) is 0.0714. The molecular formula is C14H9F2N3O2. The third kappa shape index (κ3) is 2.79. The molecule has 0 aliphatic heterocycles. The Hall–Kier alpha value is -3.01. The zero-order chi connectivity index (χ0) is 15.6. The second kappa shape index (κ2) is 5.54. The molecule has 0 aliphatic carbocycles. The number of benzene rings is 2. The number of halogens is 2. The summed E-state index contributed by atoms with van der Waals surface area (Å²) in [6.07, 6.45) is 0. The molecule has 0 saturated carbocycles. The predicted molar refractivity (Wildman–Crippen MR) is 72.2 cm³/mol. The van der Waals surface area contributed by atoms with E-state index >= 15 is 0 Å². The molecule has 2 rings (SSSR count). The minimum atomic E-state index is -1.25. The molecule has 0 bridgehead atoms. The second-order valence-corrected chi connectivity index (χ2v) is 4.23. The molecule has 0 aromatic heterocycles. The van der Waals surface area contributed by atoms with Gasteiger partial charge in [0.25, 0.3) is 0 Å². The molecule has 5 nitrogen and oxygen atoms in total. The molecule has 21 heavy (non-hydrogen) atoms. The zero-order valence-electron chi connectivity index (χ0n) is 10.9. The number of hydrogen-bond donors (Lipinski definition) is 0. The van der Waals surface area contributed by atoms with Crippen LogP contribution in [-0.2, 0) is 0 Å². The van der Waals surface area contributed by atoms with Crippen LogP contribution in [-0.4, -0.2) is 12.0 Å². The molecule has 0 N–H and O–H groups in total. The smallest absolute Gasteiger partial charge is 0.328 e. The highest BCUT2D eigenvalue weighted by Crippen LogP contribution is 2.35. The van der Waals surface area contributed by atoms with E-state index in [2.05, 4.69) is 0 Å². The first-order chi connectivity index (χ1) is 9.93. The number of rotatable bonds is 3. The van der Waals surface area contributed by atoms with Gasteiger partial charge < -0.3 is 4.90 Å². The standard InChI is InChI=1S/C14H9F2N3O2/c1-18(11-4-2-3-9(5-11)8-17)13-7-10(15)6-12(16)14(13)19(20)21/h2-7H,1H3. The maximum Gasteiger partial charge on any atom is 0.328 e. The van der Waals surface area contributed by atoms with Crippen molar-refractivity contribution in [1.29, 1.82) is 5.26 Å². The Labute approximate surface area is 118 Å². The molecule has 2 aromatic rings. The van der Waals surface area contributed by atoms with Crippen molar-refractivity contribution in [3.05, 3.63) is 63.7 Å². The summed E-state index contributed by atoms with van der Waals surface area (Å²) in [5, 5.41) is 19.8. The first-order valence-corrected chi connectivity index (χ1v) is 5.81. The fourth-order valence-corrected chi connectivity index (χ4v) is 1.91. The quantitative estimate of drug-likeness (QED) is 0.640. The average molecular weight is 289 g/mol. The summed E-state index contributed by atoms with van der Waals surface area (Å²) in [4.78, 5) is 11.3. The highest BCUT2D eigenvalue weighted by molar-refractivity contribution is 5.72. The summed E-state index contributed by atoms with van der Waals surface area (Å²) in [5.41, 5.74) is -0.310. The van der Waals surface area contributed by atoms with Gasteiger partial charge in [0.15, 0.2) is 0 Å². The Kier molecular flexibility index (Phi) is 3.80. The molecule has 0 amide bonds. The second-order valence-electron chi connectivity index (χ2n) is 4.23. The van der Waals surface area contributed by atoms with Gasteiger partial charge in [0, 0.05) is 24.9 Å². The van der Waals surface area contributed by atoms with Gasteiger partial charge in [0.1, 0.15) is 11.5 Å². The van der Waals surface area contributed by atoms with Crippen LogP contribution in [0, 0.1) is 33.1 Å². The molecule has 0 saturated heterocycles. The van der Waals surface area contributed by atoms with Crippen molar-refractivity contribution in [3.63, 3.8) is 0 Å². The SMILES string of the molecule is CN(c1cccc(C#N)c1)c1cc(F)cc(F)c1[N+](=O)[O-]. The Balaban J connectivity index is 2.60. The summed E-state index contributed by atoms with van der Waals surface area (Å²) in [5.74, 6) is -2.17. The molecule has 0 aliphatic rings. The first kappa shape index (κ1) is 14.4. The van der Waals surface area contributed by atoms with Gasteiger partial charge in [-0.1, -0.05) is 6.07 Å². The lowest BCUT2D eigenvalue weighted by Gasteiger charge is -2.19. The monoisotopic (exact) mass is 289 g/mol. The number of anilines is 2. The number of nitro groups is 1. The molecule has 0 unspecified atom stereocenters. The van der Waals surface area contributed by atoms with E-state index in [9.17, 15) is 18.9 Å². The van der Waals surface area contributed by atoms with Crippen LogP contribution in [0.25, 0.3) is 0 Å². The van der Waals surface area contributed by atoms with E-state index in [1.165, 1.54) is 18.0 Å².